The number of furan rings is 1. The number of carbonyl (C=O) groups excluding carboxylic acids is 1. The van der Waals surface area contributed by atoms with E-state index in [0.29, 0.717) is 19.6 Å². The predicted molar refractivity (Wildman–Crippen MR) is 56.3 cm³/mol. The van der Waals surface area contributed by atoms with E-state index in [2.05, 4.69) is 10.6 Å². The maximum absolute atomic E-state index is 12.6. The molecule has 98 valence electrons. The molecule has 0 spiro atoms. The first-order chi connectivity index (χ1) is 8.47. The topological polar surface area (TPSA) is 57.5 Å². The van der Waals surface area contributed by atoms with Crippen LogP contribution in [-0.4, -0.2) is 31.6 Å². The number of hydrogen-bond donors (Lipinski definition) is 2. The van der Waals surface area contributed by atoms with Crippen LogP contribution in [0.15, 0.2) is 10.5 Å². The van der Waals surface area contributed by atoms with E-state index in [9.17, 15) is 18.0 Å². The Hall–Kier alpha value is -1.70. The fraction of sp³-hybridized carbons (Fsp3) is 0.500. The molecule has 1 aromatic heterocycles. The van der Waals surface area contributed by atoms with Gasteiger partial charge in [0.15, 0.2) is 0 Å². The molecule has 2 aliphatic rings. The van der Waals surface area contributed by atoms with Gasteiger partial charge < -0.3 is 20.0 Å². The third-order valence-corrected chi connectivity index (χ3v) is 3.06. The summed E-state index contributed by atoms with van der Waals surface area (Å²) in [5, 5.41) is 5.45. The number of nitrogens with zero attached hydrogens (tertiary/aromatic N) is 1. The van der Waals surface area contributed by atoms with Crippen molar-refractivity contribution >= 4 is 17.5 Å². The molecule has 18 heavy (non-hydrogen) atoms. The molecule has 2 N–H and O–H groups in total. The summed E-state index contributed by atoms with van der Waals surface area (Å²) >= 11 is 0. The smallest absolute Gasteiger partial charge is 0.434 e. The summed E-state index contributed by atoms with van der Waals surface area (Å²) in [5.74, 6) is -1.32. The maximum Gasteiger partial charge on any atom is 0.449 e. The Balaban J connectivity index is 2.02. The highest BCUT2D eigenvalue weighted by atomic mass is 19.4. The molecule has 0 radical (unpaired) electrons. The number of carbonyl (C=O) groups is 1. The average molecular weight is 261 g/mol. The molecule has 1 amide bonds. The number of amides is 1. The fourth-order valence-electron chi connectivity index (χ4n) is 2.22. The van der Waals surface area contributed by atoms with Gasteiger partial charge in [-0.2, -0.15) is 13.2 Å². The third kappa shape index (κ3) is 1.64. The Kier molecular flexibility index (Phi) is 2.31. The highest BCUT2D eigenvalue weighted by Crippen LogP contribution is 2.41. The normalized spacial score (nSPS) is 23.4. The number of piperazine rings is 1. The summed E-state index contributed by atoms with van der Waals surface area (Å²) in [5.41, 5.74) is 0.0884. The summed E-state index contributed by atoms with van der Waals surface area (Å²) in [7, 11) is 0. The first-order valence-electron chi connectivity index (χ1n) is 5.46. The highest BCUT2D eigenvalue weighted by Gasteiger charge is 2.42. The van der Waals surface area contributed by atoms with Crippen LogP contribution in [0.4, 0.5) is 24.7 Å². The molecule has 2 aliphatic heterocycles. The lowest BCUT2D eigenvalue weighted by Crippen LogP contribution is -2.58. The van der Waals surface area contributed by atoms with Crippen LogP contribution in [0.5, 0.6) is 0 Å². The summed E-state index contributed by atoms with van der Waals surface area (Å²) in [6.45, 7) is 1.44. The first kappa shape index (κ1) is 11.4. The SMILES string of the molecule is O=C1Nc2cc(C(F)(F)F)oc2N2CCNCC12. The molecule has 0 bridgehead atoms. The molecule has 5 nitrogen and oxygen atoms in total. The van der Waals surface area contributed by atoms with Gasteiger partial charge in [0.2, 0.25) is 17.6 Å². The lowest BCUT2D eigenvalue weighted by Gasteiger charge is -2.38. The van der Waals surface area contributed by atoms with Gasteiger partial charge in [-0.3, -0.25) is 4.79 Å². The fourth-order valence-corrected chi connectivity index (χ4v) is 2.22. The van der Waals surface area contributed by atoms with E-state index >= 15 is 0 Å². The number of halogens is 3. The summed E-state index contributed by atoms with van der Waals surface area (Å²) < 4.78 is 42.5. The quantitative estimate of drug-likeness (QED) is 0.732. The summed E-state index contributed by atoms with van der Waals surface area (Å²) in [4.78, 5) is 13.3. The number of fused-ring (bicyclic) bond motifs is 3. The predicted octanol–water partition coefficient (Wildman–Crippen LogP) is 1.03. The van der Waals surface area contributed by atoms with E-state index in [4.69, 9.17) is 4.42 Å². The van der Waals surface area contributed by atoms with Crippen molar-refractivity contribution in [2.75, 3.05) is 29.9 Å². The minimum absolute atomic E-state index is 0.0884. The van der Waals surface area contributed by atoms with Crippen LogP contribution in [0, 0.1) is 0 Å². The number of nitrogens with one attached hydrogen (secondary N) is 2. The van der Waals surface area contributed by atoms with Crippen LogP contribution in [0.1, 0.15) is 5.76 Å². The molecule has 3 heterocycles. The second-order valence-electron chi connectivity index (χ2n) is 4.23. The van der Waals surface area contributed by atoms with Gasteiger partial charge in [-0.25, -0.2) is 0 Å². The van der Waals surface area contributed by atoms with E-state index in [1.54, 1.807) is 4.90 Å². The maximum atomic E-state index is 12.6. The van der Waals surface area contributed by atoms with Crippen LogP contribution in [0.25, 0.3) is 0 Å². The van der Waals surface area contributed by atoms with Crippen molar-refractivity contribution < 1.29 is 22.4 Å². The monoisotopic (exact) mass is 261 g/mol. The summed E-state index contributed by atoms with van der Waals surface area (Å²) in [6.07, 6.45) is -4.55. The Morgan fingerprint density at radius 3 is 2.94 bits per heavy atom. The Morgan fingerprint density at radius 2 is 2.22 bits per heavy atom. The van der Waals surface area contributed by atoms with E-state index in [1.807, 2.05) is 0 Å². The van der Waals surface area contributed by atoms with Crippen molar-refractivity contribution in [2.45, 2.75) is 12.2 Å². The van der Waals surface area contributed by atoms with Gasteiger partial charge in [0.1, 0.15) is 11.7 Å². The lowest BCUT2D eigenvalue weighted by atomic mass is 10.1. The van der Waals surface area contributed by atoms with E-state index in [0.717, 1.165) is 6.07 Å². The molecule has 3 rings (SSSR count). The standard InChI is InChI=1S/C10H10F3N3O2/c11-10(12,13)7-3-5-9(18-7)16-2-1-14-4-6(16)8(17)15-5/h3,6,14H,1-2,4H2,(H,15,17). The zero-order valence-corrected chi connectivity index (χ0v) is 9.17. The Labute approximate surface area is 99.9 Å². The van der Waals surface area contributed by atoms with Crippen molar-refractivity contribution in [3.05, 3.63) is 11.8 Å². The highest BCUT2D eigenvalue weighted by molar-refractivity contribution is 6.03. The summed E-state index contributed by atoms with van der Waals surface area (Å²) in [6, 6.07) is 0.310. The Morgan fingerprint density at radius 1 is 1.44 bits per heavy atom. The van der Waals surface area contributed by atoms with Gasteiger partial charge in [0.25, 0.3) is 0 Å². The molecule has 0 saturated carbocycles. The lowest BCUT2D eigenvalue weighted by molar-refractivity contribution is -0.152. The molecule has 1 atom stereocenters. The molecule has 0 aromatic carbocycles. The average Bonchev–Trinajstić information content (AvgIpc) is 2.73. The zero-order valence-electron chi connectivity index (χ0n) is 9.17. The third-order valence-electron chi connectivity index (χ3n) is 3.06. The van der Waals surface area contributed by atoms with E-state index in [-0.39, 0.29) is 17.5 Å². The Bertz CT molecular complexity index is 497. The number of alkyl halides is 3. The number of rotatable bonds is 0. The largest absolute Gasteiger partial charge is 0.449 e. The van der Waals surface area contributed by atoms with Gasteiger partial charge in [0, 0.05) is 25.7 Å². The second kappa shape index (κ2) is 3.64. The molecule has 1 fully saturated rings. The number of anilines is 2. The van der Waals surface area contributed by atoms with Gasteiger partial charge in [-0.1, -0.05) is 0 Å². The van der Waals surface area contributed by atoms with Crippen LogP contribution in [0.3, 0.4) is 0 Å². The van der Waals surface area contributed by atoms with Crippen LogP contribution < -0.4 is 15.5 Å². The van der Waals surface area contributed by atoms with Crippen molar-refractivity contribution in [1.29, 1.82) is 0 Å². The second-order valence-corrected chi connectivity index (χ2v) is 4.23. The van der Waals surface area contributed by atoms with Gasteiger partial charge in [-0.05, 0) is 0 Å². The number of hydrogen-bond acceptors (Lipinski definition) is 4. The minimum atomic E-state index is -4.55. The minimum Gasteiger partial charge on any atom is -0.434 e. The van der Waals surface area contributed by atoms with E-state index < -0.39 is 18.0 Å². The van der Waals surface area contributed by atoms with Crippen LogP contribution in [-0.2, 0) is 11.0 Å². The zero-order chi connectivity index (χ0) is 12.9. The van der Waals surface area contributed by atoms with Crippen LogP contribution in [0.2, 0.25) is 0 Å². The molecule has 0 aliphatic carbocycles. The van der Waals surface area contributed by atoms with Crippen molar-refractivity contribution in [3.63, 3.8) is 0 Å². The van der Waals surface area contributed by atoms with Gasteiger partial charge in [0.05, 0.1) is 0 Å². The van der Waals surface area contributed by atoms with Gasteiger partial charge in [-0.15, -0.1) is 0 Å². The molecule has 1 saturated heterocycles. The van der Waals surface area contributed by atoms with Gasteiger partial charge >= 0.3 is 6.18 Å². The molecular weight excluding hydrogens is 251 g/mol. The molecular formula is C10H10F3N3O2. The van der Waals surface area contributed by atoms with Crippen LogP contribution >= 0.6 is 0 Å². The molecule has 1 aromatic rings. The van der Waals surface area contributed by atoms with Crippen molar-refractivity contribution in [1.82, 2.24) is 5.32 Å². The first-order valence-corrected chi connectivity index (χ1v) is 5.46. The van der Waals surface area contributed by atoms with E-state index in [1.165, 1.54) is 0 Å². The molecule has 1 unspecified atom stereocenters. The van der Waals surface area contributed by atoms with Crippen molar-refractivity contribution in [3.8, 4) is 0 Å². The van der Waals surface area contributed by atoms with Crippen molar-refractivity contribution in [2.24, 2.45) is 0 Å². The molecule has 8 heteroatoms.